The number of ether oxygens (including phenoxy) is 1. The van der Waals surface area contributed by atoms with Gasteiger partial charge in [0.2, 0.25) is 0 Å². The minimum absolute atomic E-state index is 0.503. The molecule has 0 amide bonds. The van der Waals surface area contributed by atoms with Crippen LogP contribution in [0.25, 0.3) is 10.8 Å². The minimum atomic E-state index is 0.503. The maximum Gasteiger partial charge on any atom is 0.127 e. The van der Waals surface area contributed by atoms with Crippen molar-refractivity contribution < 1.29 is 4.74 Å². The van der Waals surface area contributed by atoms with Crippen LogP contribution >= 0.6 is 24.2 Å². The number of hydrogen-bond donors (Lipinski definition) is 1. The summed E-state index contributed by atoms with van der Waals surface area (Å²) < 4.78 is 5.97. The largest absolute Gasteiger partial charge is 0.493 e. The molecule has 1 unspecified atom stereocenters. The molecule has 0 N–H and O–H groups in total. The lowest BCUT2D eigenvalue weighted by atomic mass is 10.1. The normalized spacial score (nSPS) is 12.6. The third-order valence-corrected chi connectivity index (χ3v) is 4.11. The Hall–Kier alpha value is -0.860. The highest BCUT2D eigenvalue weighted by atomic mass is 35.5. The van der Waals surface area contributed by atoms with Crippen LogP contribution in [0.15, 0.2) is 36.4 Å². The van der Waals surface area contributed by atoms with Crippen molar-refractivity contribution in [2.75, 3.05) is 12.4 Å². The third-order valence-electron chi connectivity index (χ3n) is 3.26. The number of thiol groups is 1. The van der Waals surface area contributed by atoms with E-state index in [9.17, 15) is 0 Å². The zero-order valence-electron chi connectivity index (χ0n) is 11.1. The first-order chi connectivity index (χ1) is 9.26. The van der Waals surface area contributed by atoms with Crippen molar-refractivity contribution in [3.05, 3.63) is 41.4 Å². The standard InChI is InChI=1S/C16H19ClOS/c1-2-5-12(11-19)10-18-16-9-8-15(17)13-6-3-4-7-14(13)16/h3-4,6-9,12,19H,2,5,10-11H2,1H3. The van der Waals surface area contributed by atoms with Gasteiger partial charge in [-0.05, 0) is 24.3 Å². The summed E-state index contributed by atoms with van der Waals surface area (Å²) in [4.78, 5) is 0. The van der Waals surface area contributed by atoms with Gasteiger partial charge in [0.25, 0.3) is 0 Å². The monoisotopic (exact) mass is 294 g/mol. The molecule has 2 aromatic carbocycles. The number of fused-ring (bicyclic) bond motifs is 1. The predicted octanol–water partition coefficient (Wildman–Crippen LogP) is 5.22. The molecule has 3 heteroatoms. The lowest BCUT2D eigenvalue weighted by Gasteiger charge is -2.16. The molecule has 2 aromatic rings. The first-order valence-electron chi connectivity index (χ1n) is 6.67. The fourth-order valence-electron chi connectivity index (χ4n) is 2.20. The molecule has 2 rings (SSSR count). The van der Waals surface area contributed by atoms with Crippen LogP contribution in [0.3, 0.4) is 0 Å². The van der Waals surface area contributed by atoms with Crippen molar-refractivity contribution in [1.29, 1.82) is 0 Å². The van der Waals surface area contributed by atoms with Gasteiger partial charge in [-0.1, -0.05) is 49.2 Å². The molecule has 1 atom stereocenters. The SMILES string of the molecule is CCCC(CS)COc1ccc(Cl)c2ccccc12. The summed E-state index contributed by atoms with van der Waals surface area (Å²) in [5.74, 6) is 2.27. The molecule has 0 bridgehead atoms. The molecular weight excluding hydrogens is 276 g/mol. The Morgan fingerprint density at radius 3 is 2.58 bits per heavy atom. The lowest BCUT2D eigenvalue weighted by molar-refractivity contribution is 0.257. The number of rotatable bonds is 6. The van der Waals surface area contributed by atoms with Crippen molar-refractivity contribution in [2.45, 2.75) is 19.8 Å². The molecule has 0 aliphatic heterocycles. The Morgan fingerprint density at radius 2 is 1.89 bits per heavy atom. The van der Waals surface area contributed by atoms with Crippen molar-refractivity contribution in [1.82, 2.24) is 0 Å². The van der Waals surface area contributed by atoms with Gasteiger partial charge < -0.3 is 4.74 Å². The molecule has 0 aromatic heterocycles. The summed E-state index contributed by atoms with van der Waals surface area (Å²) in [5.41, 5.74) is 0. The molecule has 19 heavy (non-hydrogen) atoms. The van der Waals surface area contributed by atoms with Gasteiger partial charge in [-0.25, -0.2) is 0 Å². The summed E-state index contributed by atoms with van der Waals surface area (Å²) in [6, 6.07) is 11.9. The van der Waals surface area contributed by atoms with Gasteiger partial charge in [-0.2, -0.15) is 12.6 Å². The third kappa shape index (κ3) is 3.58. The average Bonchev–Trinajstić information content (AvgIpc) is 2.45. The highest BCUT2D eigenvalue weighted by Gasteiger charge is 2.09. The van der Waals surface area contributed by atoms with E-state index >= 15 is 0 Å². The van der Waals surface area contributed by atoms with Gasteiger partial charge in [0.15, 0.2) is 0 Å². The molecule has 0 fully saturated rings. The fourth-order valence-corrected chi connectivity index (χ4v) is 2.72. The summed E-state index contributed by atoms with van der Waals surface area (Å²) in [7, 11) is 0. The highest BCUT2D eigenvalue weighted by molar-refractivity contribution is 7.80. The van der Waals surface area contributed by atoms with Gasteiger partial charge in [0.1, 0.15) is 5.75 Å². The van der Waals surface area contributed by atoms with E-state index < -0.39 is 0 Å². The van der Waals surface area contributed by atoms with E-state index in [4.69, 9.17) is 16.3 Å². The van der Waals surface area contributed by atoms with Crippen LogP contribution in [0.5, 0.6) is 5.75 Å². The van der Waals surface area contributed by atoms with E-state index in [1.807, 2.05) is 36.4 Å². The van der Waals surface area contributed by atoms with Crippen LogP contribution in [0.4, 0.5) is 0 Å². The van der Waals surface area contributed by atoms with E-state index in [2.05, 4.69) is 19.6 Å². The van der Waals surface area contributed by atoms with Crippen LogP contribution in [-0.4, -0.2) is 12.4 Å². The van der Waals surface area contributed by atoms with Crippen molar-refractivity contribution >= 4 is 35.0 Å². The lowest BCUT2D eigenvalue weighted by Crippen LogP contribution is -2.13. The fraction of sp³-hybridized carbons (Fsp3) is 0.375. The molecule has 0 heterocycles. The van der Waals surface area contributed by atoms with Gasteiger partial charge in [-0.15, -0.1) is 0 Å². The van der Waals surface area contributed by atoms with Crippen molar-refractivity contribution in [3.8, 4) is 5.75 Å². The highest BCUT2D eigenvalue weighted by Crippen LogP contribution is 2.31. The second-order valence-electron chi connectivity index (χ2n) is 4.74. The summed E-state index contributed by atoms with van der Waals surface area (Å²) in [5, 5.41) is 2.88. The van der Waals surface area contributed by atoms with E-state index in [0.29, 0.717) is 12.5 Å². The average molecular weight is 295 g/mol. The number of benzene rings is 2. The molecular formula is C16H19ClOS. The second-order valence-corrected chi connectivity index (χ2v) is 5.51. The van der Waals surface area contributed by atoms with Gasteiger partial charge in [0, 0.05) is 21.7 Å². The Kier molecular flexibility index (Phi) is 5.41. The van der Waals surface area contributed by atoms with E-state index in [-0.39, 0.29) is 0 Å². The molecule has 0 aliphatic rings. The van der Waals surface area contributed by atoms with E-state index in [1.165, 1.54) is 0 Å². The van der Waals surface area contributed by atoms with Crippen LogP contribution in [0.1, 0.15) is 19.8 Å². The molecule has 0 spiro atoms. The van der Waals surface area contributed by atoms with E-state index in [0.717, 1.165) is 40.1 Å². The van der Waals surface area contributed by atoms with Crippen molar-refractivity contribution in [2.24, 2.45) is 5.92 Å². The zero-order chi connectivity index (χ0) is 13.7. The molecule has 102 valence electrons. The topological polar surface area (TPSA) is 9.23 Å². The van der Waals surface area contributed by atoms with Gasteiger partial charge in [0.05, 0.1) is 6.61 Å². The predicted molar refractivity (Wildman–Crippen MR) is 86.7 cm³/mol. The maximum atomic E-state index is 6.20. The summed E-state index contributed by atoms with van der Waals surface area (Å²) >= 11 is 10.6. The summed E-state index contributed by atoms with van der Waals surface area (Å²) in [6.07, 6.45) is 2.31. The van der Waals surface area contributed by atoms with Crippen LogP contribution in [0, 0.1) is 5.92 Å². The smallest absolute Gasteiger partial charge is 0.127 e. The van der Waals surface area contributed by atoms with Gasteiger partial charge in [-0.3, -0.25) is 0 Å². The van der Waals surface area contributed by atoms with Crippen LogP contribution in [0.2, 0.25) is 5.02 Å². The second kappa shape index (κ2) is 7.06. The molecule has 0 saturated carbocycles. The zero-order valence-corrected chi connectivity index (χ0v) is 12.8. The van der Waals surface area contributed by atoms with Crippen LogP contribution < -0.4 is 4.74 Å². The molecule has 0 aliphatic carbocycles. The quantitative estimate of drug-likeness (QED) is 0.719. The van der Waals surface area contributed by atoms with Crippen molar-refractivity contribution in [3.63, 3.8) is 0 Å². The van der Waals surface area contributed by atoms with Gasteiger partial charge >= 0.3 is 0 Å². The molecule has 1 nitrogen and oxygen atoms in total. The Labute approximate surface area is 125 Å². The Bertz CT molecular complexity index is 541. The minimum Gasteiger partial charge on any atom is -0.493 e. The summed E-state index contributed by atoms with van der Waals surface area (Å²) in [6.45, 7) is 2.90. The first kappa shape index (κ1) is 14.5. The number of hydrogen-bond acceptors (Lipinski definition) is 2. The Morgan fingerprint density at radius 1 is 1.16 bits per heavy atom. The number of halogens is 1. The maximum absolute atomic E-state index is 6.20. The molecule has 0 radical (unpaired) electrons. The van der Waals surface area contributed by atoms with E-state index in [1.54, 1.807) is 0 Å². The molecule has 0 saturated heterocycles. The first-order valence-corrected chi connectivity index (χ1v) is 7.68. The van der Waals surface area contributed by atoms with Crippen LogP contribution in [-0.2, 0) is 0 Å². The Balaban J connectivity index is 2.19.